The van der Waals surface area contributed by atoms with Gasteiger partial charge >= 0.3 is 0 Å². The summed E-state index contributed by atoms with van der Waals surface area (Å²) < 4.78 is 0. The lowest BCUT2D eigenvalue weighted by Crippen LogP contribution is -2.21. The van der Waals surface area contributed by atoms with Gasteiger partial charge in [-0.25, -0.2) is 4.99 Å². The molecule has 0 bridgehead atoms. The monoisotopic (exact) mass is 188 g/mol. The van der Waals surface area contributed by atoms with E-state index in [2.05, 4.69) is 16.0 Å². The molecule has 5 N–H and O–H groups in total. The fourth-order valence-corrected chi connectivity index (χ4v) is 1.48. The molecule has 0 fully saturated rings. The molecule has 0 aliphatic rings. The second-order valence-corrected chi connectivity index (χ2v) is 3.26. The first-order chi connectivity index (χ1) is 6.65. The maximum Gasteiger partial charge on any atom is 0.191 e. The van der Waals surface area contributed by atoms with E-state index in [0.29, 0.717) is 0 Å². The van der Waals surface area contributed by atoms with Gasteiger partial charge in [0.2, 0.25) is 0 Å². The number of guanidine groups is 1. The summed E-state index contributed by atoms with van der Waals surface area (Å²) >= 11 is 0. The molecule has 0 unspecified atom stereocenters. The van der Waals surface area contributed by atoms with E-state index in [1.165, 1.54) is 0 Å². The fraction of sp³-hybridized carbons (Fsp3) is 0.100. The summed E-state index contributed by atoms with van der Waals surface area (Å²) in [7, 11) is 0. The van der Waals surface area contributed by atoms with Crippen LogP contribution in [0.2, 0.25) is 0 Å². The van der Waals surface area contributed by atoms with Crippen LogP contribution in [0, 0.1) is 6.92 Å². The average Bonchev–Trinajstić information content (AvgIpc) is 2.42. The van der Waals surface area contributed by atoms with Crippen molar-refractivity contribution in [3.8, 4) is 0 Å². The number of aryl methyl sites for hydroxylation is 1. The first-order valence-electron chi connectivity index (χ1n) is 4.34. The van der Waals surface area contributed by atoms with Crippen molar-refractivity contribution in [2.75, 3.05) is 0 Å². The number of hydrogen-bond donors (Lipinski definition) is 3. The molecule has 14 heavy (non-hydrogen) atoms. The Hall–Kier alpha value is -1.97. The minimum atomic E-state index is 0.0802. The normalized spacial score (nSPS) is 10.4. The largest absolute Gasteiger partial charge is 0.370 e. The molecule has 1 aromatic carbocycles. The van der Waals surface area contributed by atoms with Gasteiger partial charge in [0, 0.05) is 16.6 Å². The highest BCUT2D eigenvalue weighted by Gasteiger charge is 1.98. The van der Waals surface area contributed by atoms with Crippen LogP contribution in [0.4, 0.5) is 5.69 Å². The Morgan fingerprint density at radius 3 is 2.79 bits per heavy atom. The summed E-state index contributed by atoms with van der Waals surface area (Å²) in [4.78, 5) is 7.21. The third-order valence-electron chi connectivity index (χ3n) is 2.00. The van der Waals surface area contributed by atoms with Crippen molar-refractivity contribution in [1.29, 1.82) is 0 Å². The zero-order chi connectivity index (χ0) is 10.1. The number of rotatable bonds is 1. The smallest absolute Gasteiger partial charge is 0.191 e. The summed E-state index contributed by atoms with van der Waals surface area (Å²) in [6, 6.07) is 7.84. The molecule has 0 aliphatic carbocycles. The predicted octanol–water partition coefficient (Wildman–Crippen LogP) is 1.38. The van der Waals surface area contributed by atoms with Gasteiger partial charge in [-0.1, -0.05) is 0 Å². The van der Waals surface area contributed by atoms with Gasteiger partial charge in [-0.15, -0.1) is 0 Å². The molecule has 4 heteroatoms. The van der Waals surface area contributed by atoms with Gasteiger partial charge in [-0.2, -0.15) is 0 Å². The molecule has 0 radical (unpaired) electrons. The van der Waals surface area contributed by atoms with Gasteiger partial charge < -0.3 is 16.5 Å². The van der Waals surface area contributed by atoms with Gasteiger partial charge in [0.15, 0.2) is 5.96 Å². The molecule has 1 heterocycles. The number of H-pyrrole nitrogens is 1. The minimum absolute atomic E-state index is 0.0802. The molecule has 0 amide bonds. The molecule has 0 saturated heterocycles. The summed E-state index contributed by atoms with van der Waals surface area (Å²) in [5.41, 5.74) is 13.6. The van der Waals surface area contributed by atoms with E-state index < -0.39 is 0 Å². The molecule has 72 valence electrons. The maximum atomic E-state index is 5.29. The van der Waals surface area contributed by atoms with Crippen LogP contribution >= 0.6 is 0 Å². The number of hydrogen-bond acceptors (Lipinski definition) is 1. The molecular formula is C10H12N4. The zero-order valence-electron chi connectivity index (χ0n) is 7.91. The first-order valence-corrected chi connectivity index (χ1v) is 4.34. The summed E-state index contributed by atoms with van der Waals surface area (Å²) in [6.07, 6.45) is 0. The third kappa shape index (κ3) is 1.54. The van der Waals surface area contributed by atoms with E-state index in [-0.39, 0.29) is 5.96 Å². The van der Waals surface area contributed by atoms with Crippen molar-refractivity contribution in [3.05, 3.63) is 30.0 Å². The van der Waals surface area contributed by atoms with E-state index in [9.17, 15) is 0 Å². The Bertz CT molecular complexity index is 492. The number of aromatic nitrogens is 1. The highest BCUT2D eigenvalue weighted by Crippen LogP contribution is 2.21. The number of nitrogens with zero attached hydrogens (tertiary/aromatic N) is 1. The van der Waals surface area contributed by atoms with Crippen molar-refractivity contribution in [2.45, 2.75) is 6.92 Å². The number of fused-ring (bicyclic) bond motifs is 1. The maximum absolute atomic E-state index is 5.29. The van der Waals surface area contributed by atoms with Crippen LogP contribution in [-0.4, -0.2) is 10.9 Å². The van der Waals surface area contributed by atoms with Crippen molar-refractivity contribution in [2.24, 2.45) is 16.5 Å². The molecule has 1 aromatic heterocycles. The lowest BCUT2D eigenvalue weighted by atomic mass is 10.2. The minimum Gasteiger partial charge on any atom is -0.370 e. The molecule has 0 saturated carbocycles. The fourth-order valence-electron chi connectivity index (χ4n) is 1.48. The lowest BCUT2D eigenvalue weighted by Gasteiger charge is -1.94. The van der Waals surface area contributed by atoms with Crippen LogP contribution in [0.1, 0.15) is 5.69 Å². The summed E-state index contributed by atoms with van der Waals surface area (Å²) in [5.74, 6) is 0.0802. The van der Waals surface area contributed by atoms with E-state index in [1.807, 2.05) is 25.1 Å². The Balaban J connectivity index is 2.56. The molecule has 2 aromatic rings. The van der Waals surface area contributed by atoms with E-state index in [4.69, 9.17) is 11.5 Å². The number of nitrogens with two attached hydrogens (primary N) is 2. The first kappa shape index (κ1) is 8.62. The van der Waals surface area contributed by atoms with Gasteiger partial charge in [0.05, 0.1) is 5.69 Å². The second kappa shape index (κ2) is 3.06. The third-order valence-corrected chi connectivity index (χ3v) is 2.00. The van der Waals surface area contributed by atoms with Crippen LogP contribution in [0.5, 0.6) is 0 Å². The second-order valence-electron chi connectivity index (χ2n) is 3.26. The quantitative estimate of drug-likeness (QED) is 0.467. The van der Waals surface area contributed by atoms with E-state index in [1.54, 1.807) is 0 Å². The molecule has 0 atom stereocenters. The molecular weight excluding hydrogens is 176 g/mol. The van der Waals surface area contributed by atoms with Gasteiger partial charge in [-0.3, -0.25) is 0 Å². The molecule has 4 nitrogen and oxygen atoms in total. The van der Waals surface area contributed by atoms with E-state index in [0.717, 1.165) is 22.3 Å². The topological polar surface area (TPSA) is 80.2 Å². The van der Waals surface area contributed by atoms with Crippen molar-refractivity contribution in [1.82, 2.24) is 4.98 Å². The lowest BCUT2D eigenvalue weighted by molar-refractivity contribution is 1.30. The summed E-state index contributed by atoms with van der Waals surface area (Å²) in [6.45, 7) is 2.01. The van der Waals surface area contributed by atoms with Crippen molar-refractivity contribution in [3.63, 3.8) is 0 Å². The van der Waals surface area contributed by atoms with Gasteiger partial charge in [0.25, 0.3) is 0 Å². The number of aromatic amines is 1. The average molecular weight is 188 g/mol. The predicted molar refractivity (Wildman–Crippen MR) is 58.5 cm³/mol. The SMILES string of the molecule is Cc1cc2cc(N=C(N)N)ccc2[nH]1. The number of nitrogens with one attached hydrogen (secondary N) is 1. The van der Waals surface area contributed by atoms with Crippen LogP contribution in [0.15, 0.2) is 29.3 Å². The van der Waals surface area contributed by atoms with Crippen LogP contribution in [-0.2, 0) is 0 Å². The van der Waals surface area contributed by atoms with E-state index >= 15 is 0 Å². The van der Waals surface area contributed by atoms with Crippen molar-refractivity contribution >= 4 is 22.5 Å². The van der Waals surface area contributed by atoms with Crippen LogP contribution in [0.3, 0.4) is 0 Å². The Labute approximate surface area is 81.6 Å². The van der Waals surface area contributed by atoms with Crippen LogP contribution in [0.25, 0.3) is 10.9 Å². The molecule has 2 rings (SSSR count). The number of aliphatic imine (C=N–C) groups is 1. The van der Waals surface area contributed by atoms with Gasteiger partial charge in [-0.05, 0) is 31.2 Å². The van der Waals surface area contributed by atoms with Crippen molar-refractivity contribution < 1.29 is 0 Å². The highest BCUT2D eigenvalue weighted by molar-refractivity contribution is 5.85. The standard InChI is InChI=1S/C10H12N4/c1-6-4-7-5-8(14-10(11)12)2-3-9(7)13-6/h2-5,13H,1H3,(H4,11,12,14). The Kier molecular flexibility index (Phi) is 1.89. The Morgan fingerprint density at radius 2 is 2.07 bits per heavy atom. The highest BCUT2D eigenvalue weighted by atomic mass is 15.0. The van der Waals surface area contributed by atoms with Crippen LogP contribution < -0.4 is 11.5 Å². The molecule has 0 spiro atoms. The Morgan fingerprint density at radius 1 is 1.29 bits per heavy atom. The molecule has 0 aliphatic heterocycles. The summed E-state index contributed by atoms with van der Waals surface area (Å²) in [5, 5.41) is 1.12. The number of benzene rings is 1. The zero-order valence-corrected chi connectivity index (χ0v) is 7.91. The van der Waals surface area contributed by atoms with Gasteiger partial charge in [0.1, 0.15) is 0 Å².